The van der Waals surface area contributed by atoms with Crippen LogP contribution in [-0.2, 0) is 6.54 Å². The van der Waals surface area contributed by atoms with Crippen LogP contribution in [0.1, 0.15) is 12.5 Å². The van der Waals surface area contributed by atoms with Crippen molar-refractivity contribution >= 4 is 11.8 Å². The fourth-order valence-electron chi connectivity index (χ4n) is 1.29. The van der Waals surface area contributed by atoms with Crippen molar-refractivity contribution in [3.63, 3.8) is 0 Å². The molecule has 0 aromatic heterocycles. The van der Waals surface area contributed by atoms with E-state index in [1.165, 1.54) is 0 Å². The number of ether oxygens (including phenoxy) is 1. The molecule has 18 heavy (non-hydrogen) atoms. The highest BCUT2D eigenvalue weighted by atomic mass is 32.2. The van der Waals surface area contributed by atoms with E-state index in [9.17, 15) is 13.2 Å². The lowest BCUT2D eigenvalue weighted by atomic mass is 10.2. The van der Waals surface area contributed by atoms with Crippen molar-refractivity contribution in [2.75, 3.05) is 18.9 Å². The lowest BCUT2D eigenvalue weighted by molar-refractivity contribution is -0.0329. The van der Waals surface area contributed by atoms with Crippen molar-refractivity contribution in [1.82, 2.24) is 5.32 Å². The van der Waals surface area contributed by atoms with Gasteiger partial charge in [0, 0.05) is 12.3 Å². The van der Waals surface area contributed by atoms with Crippen molar-refractivity contribution in [3.05, 3.63) is 29.8 Å². The third-order valence-corrected chi connectivity index (χ3v) is 2.82. The summed E-state index contributed by atoms with van der Waals surface area (Å²) >= 11 is -0.0679. The van der Waals surface area contributed by atoms with Crippen molar-refractivity contribution in [2.45, 2.75) is 19.0 Å². The van der Waals surface area contributed by atoms with Gasteiger partial charge in [0.2, 0.25) is 0 Å². The summed E-state index contributed by atoms with van der Waals surface area (Å²) in [5, 5.41) is 3.18. The number of thioether (sulfide) groups is 1. The smallest absolute Gasteiger partial charge is 0.441 e. The molecule has 0 aliphatic carbocycles. The maximum atomic E-state index is 11.9. The Morgan fingerprint density at radius 3 is 2.44 bits per heavy atom. The van der Waals surface area contributed by atoms with Gasteiger partial charge in [0.1, 0.15) is 5.75 Å². The molecular weight excluding hydrogens is 263 g/mol. The molecule has 0 saturated heterocycles. The average molecular weight is 279 g/mol. The predicted molar refractivity (Wildman–Crippen MR) is 67.8 cm³/mol. The topological polar surface area (TPSA) is 21.3 Å². The first-order valence-corrected chi connectivity index (χ1v) is 6.63. The van der Waals surface area contributed by atoms with Crippen LogP contribution in [0.3, 0.4) is 0 Å². The second-order valence-corrected chi connectivity index (χ2v) is 4.73. The Morgan fingerprint density at radius 2 is 1.89 bits per heavy atom. The molecule has 0 bridgehead atoms. The molecule has 102 valence electrons. The molecule has 0 fully saturated rings. The Bertz CT molecular complexity index is 340. The molecule has 0 atom stereocenters. The molecule has 0 aliphatic rings. The van der Waals surface area contributed by atoms with E-state index in [2.05, 4.69) is 5.32 Å². The van der Waals surface area contributed by atoms with Gasteiger partial charge < -0.3 is 10.1 Å². The maximum Gasteiger partial charge on any atom is 0.441 e. The van der Waals surface area contributed by atoms with Crippen molar-refractivity contribution < 1.29 is 17.9 Å². The van der Waals surface area contributed by atoms with Crippen LogP contribution in [0.4, 0.5) is 13.2 Å². The minimum absolute atomic E-state index is 0.0523. The molecule has 1 rings (SSSR count). The average Bonchev–Trinajstić information content (AvgIpc) is 2.32. The van der Waals surface area contributed by atoms with E-state index >= 15 is 0 Å². The van der Waals surface area contributed by atoms with Crippen LogP contribution in [0.15, 0.2) is 24.3 Å². The van der Waals surface area contributed by atoms with Crippen LogP contribution >= 0.6 is 11.8 Å². The number of benzene rings is 1. The van der Waals surface area contributed by atoms with Gasteiger partial charge in [0.05, 0.1) is 6.61 Å². The molecule has 1 N–H and O–H groups in total. The first-order chi connectivity index (χ1) is 8.51. The molecule has 0 heterocycles. The normalized spacial score (nSPS) is 11.6. The molecule has 0 amide bonds. The van der Waals surface area contributed by atoms with Gasteiger partial charge in [0.15, 0.2) is 0 Å². The van der Waals surface area contributed by atoms with E-state index < -0.39 is 5.51 Å². The van der Waals surface area contributed by atoms with Gasteiger partial charge in [-0.05, 0) is 36.0 Å². The first kappa shape index (κ1) is 15.2. The summed E-state index contributed by atoms with van der Waals surface area (Å²) in [6, 6.07) is 7.33. The summed E-state index contributed by atoms with van der Waals surface area (Å²) < 4.78 is 40.8. The monoisotopic (exact) mass is 279 g/mol. The molecule has 6 heteroatoms. The van der Waals surface area contributed by atoms with Crippen LogP contribution in [-0.4, -0.2) is 24.4 Å². The molecule has 0 unspecified atom stereocenters. The molecule has 1 aromatic rings. The highest BCUT2D eigenvalue weighted by Gasteiger charge is 2.27. The van der Waals surface area contributed by atoms with Crippen LogP contribution in [0.5, 0.6) is 5.75 Å². The second kappa shape index (κ2) is 7.53. The number of hydrogen-bond acceptors (Lipinski definition) is 3. The molecule has 1 aromatic carbocycles. The minimum atomic E-state index is -4.18. The Morgan fingerprint density at radius 1 is 1.22 bits per heavy atom. The number of nitrogens with one attached hydrogen (secondary N) is 1. The minimum Gasteiger partial charge on any atom is -0.493 e. The highest BCUT2D eigenvalue weighted by Crippen LogP contribution is 2.29. The van der Waals surface area contributed by atoms with E-state index in [0.29, 0.717) is 5.75 Å². The summed E-state index contributed by atoms with van der Waals surface area (Å²) in [5.74, 6) is 0.501. The van der Waals surface area contributed by atoms with Crippen molar-refractivity contribution in [2.24, 2.45) is 0 Å². The van der Waals surface area contributed by atoms with Crippen LogP contribution in [0.25, 0.3) is 0 Å². The van der Waals surface area contributed by atoms with E-state index in [0.717, 1.165) is 18.7 Å². The summed E-state index contributed by atoms with van der Waals surface area (Å²) in [6.07, 6.45) is 0. The molecule has 0 saturated carbocycles. The van der Waals surface area contributed by atoms with Crippen molar-refractivity contribution in [3.8, 4) is 5.75 Å². The van der Waals surface area contributed by atoms with Gasteiger partial charge in [0.25, 0.3) is 0 Å². The lowest BCUT2D eigenvalue weighted by Gasteiger charge is -2.08. The van der Waals surface area contributed by atoms with Gasteiger partial charge >= 0.3 is 5.51 Å². The fourth-order valence-corrected chi connectivity index (χ4v) is 1.69. The molecule has 0 radical (unpaired) electrons. The van der Waals surface area contributed by atoms with Crippen LogP contribution < -0.4 is 10.1 Å². The van der Waals surface area contributed by atoms with Crippen LogP contribution in [0, 0.1) is 0 Å². The summed E-state index contributed by atoms with van der Waals surface area (Å²) in [4.78, 5) is 0. The predicted octanol–water partition coefficient (Wildman–Crippen LogP) is 3.43. The van der Waals surface area contributed by atoms with E-state index in [1.807, 2.05) is 19.1 Å². The van der Waals surface area contributed by atoms with Crippen molar-refractivity contribution in [1.29, 1.82) is 0 Å². The maximum absolute atomic E-state index is 11.9. The second-order valence-electron chi connectivity index (χ2n) is 3.57. The van der Waals surface area contributed by atoms with Gasteiger partial charge in [-0.3, -0.25) is 0 Å². The molecule has 2 nitrogen and oxygen atoms in total. The number of hydrogen-bond donors (Lipinski definition) is 1. The third-order valence-electron chi connectivity index (χ3n) is 2.12. The zero-order valence-corrected chi connectivity index (χ0v) is 10.9. The summed E-state index contributed by atoms with van der Waals surface area (Å²) in [6.45, 7) is 3.75. The van der Waals surface area contributed by atoms with Gasteiger partial charge in [-0.25, -0.2) is 0 Å². The molecule has 0 spiro atoms. The van der Waals surface area contributed by atoms with Gasteiger partial charge in [-0.15, -0.1) is 0 Å². The van der Waals surface area contributed by atoms with Gasteiger partial charge in [-0.2, -0.15) is 13.2 Å². The Hall–Kier alpha value is -0.880. The fraction of sp³-hybridized carbons (Fsp3) is 0.500. The summed E-state index contributed by atoms with van der Waals surface area (Å²) in [5.41, 5.74) is -3.06. The molecular formula is C12H16F3NOS. The number of rotatable bonds is 7. The Labute approximate surface area is 109 Å². The lowest BCUT2D eigenvalue weighted by Crippen LogP contribution is -2.11. The zero-order chi connectivity index (χ0) is 13.4. The number of halogens is 3. The Kier molecular flexibility index (Phi) is 6.35. The first-order valence-electron chi connectivity index (χ1n) is 5.64. The Balaban J connectivity index is 2.26. The summed E-state index contributed by atoms with van der Waals surface area (Å²) in [7, 11) is 0. The SMILES string of the molecule is CCNCc1ccc(OCCSC(F)(F)F)cc1. The van der Waals surface area contributed by atoms with Crippen LogP contribution in [0.2, 0.25) is 0 Å². The van der Waals surface area contributed by atoms with E-state index in [-0.39, 0.29) is 24.1 Å². The quantitative estimate of drug-likeness (QED) is 0.773. The van der Waals surface area contributed by atoms with Gasteiger partial charge in [-0.1, -0.05) is 19.1 Å². The molecule has 0 aliphatic heterocycles. The largest absolute Gasteiger partial charge is 0.493 e. The van der Waals surface area contributed by atoms with E-state index in [4.69, 9.17) is 4.74 Å². The third kappa shape index (κ3) is 6.76. The number of alkyl halides is 3. The standard InChI is InChI=1S/C12H16F3NOS/c1-2-16-9-10-3-5-11(6-4-10)17-7-8-18-12(13,14)15/h3-6,16H,2,7-9H2,1H3. The zero-order valence-electron chi connectivity index (χ0n) is 10.1. The van der Waals surface area contributed by atoms with E-state index in [1.54, 1.807) is 12.1 Å². The highest BCUT2D eigenvalue weighted by molar-refractivity contribution is 8.00.